The molecule has 0 N–H and O–H groups in total. The molecule has 0 aromatic carbocycles. The molecule has 0 bridgehead atoms. The summed E-state index contributed by atoms with van der Waals surface area (Å²) in [6.07, 6.45) is 4.06. The third-order valence-electron chi connectivity index (χ3n) is 4.31. The fourth-order valence-corrected chi connectivity index (χ4v) is 2.87. The molecule has 4 nitrogen and oxygen atoms in total. The molecule has 4 heteroatoms. The quantitative estimate of drug-likeness (QED) is 0.852. The minimum Gasteiger partial charge on any atom is -0.377 e. The highest BCUT2D eigenvalue weighted by Gasteiger charge is 2.29. The van der Waals surface area contributed by atoms with Crippen LogP contribution in [-0.2, 0) is 11.3 Å². The van der Waals surface area contributed by atoms with E-state index in [1.54, 1.807) is 0 Å². The van der Waals surface area contributed by atoms with Crippen LogP contribution in [0.2, 0.25) is 0 Å². The van der Waals surface area contributed by atoms with Crippen molar-refractivity contribution in [1.82, 2.24) is 14.7 Å². The van der Waals surface area contributed by atoms with Crippen LogP contribution in [0.4, 0.5) is 0 Å². The van der Waals surface area contributed by atoms with Crippen molar-refractivity contribution in [1.29, 1.82) is 0 Å². The molecule has 1 saturated heterocycles. The molecular weight excluding hydrogens is 262 g/mol. The Labute approximate surface area is 126 Å². The molecule has 1 fully saturated rings. The van der Waals surface area contributed by atoms with Crippen molar-refractivity contribution in [2.24, 2.45) is 5.92 Å². The highest BCUT2D eigenvalue weighted by Crippen LogP contribution is 2.36. The van der Waals surface area contributed by atoms with Gasteiger partial charge in [0.1, 0.15) is 0 Å². The smallest absolute Gasteiger partial charge is 0.0993 e. The number of aromatic nitrogens is 2. The van der Waals surface area contributed by atoms with Crippen molar-refractivity contribution >= 4 is 5.57 Å². The van der Waals surface area contributed by atoms with Gasteiger partial charge in [-0.3, -0.25) is 4.68 Å². The molecule has 2 aliphatic rings. The molecular formula is C17H23N3O. The van der Waals surface area contributed by atoms with E-state index in [-0.39, 0.29) is 0 Å². The molecule has 0 radical (unpaired) electrons. The highest BCUT2D eigenvalue weighted by molar-refractivity contribution is 5.79. The Morgan fingerprint density at radius 3 is 2.71 bits per heavy atom. The van der Waals surface area contributed by atoms with E-state index >= 15 is 0 Å². The fraction of sp³-hybridized carbons (Fsp3) is 0.471. The topological polar surface area (TPSA) is 30.3 Å². The van der Waals surface area contributed by atoms with Gasteiger partial charge in [-0.05, 0) is 11.5 Å². The van der Waals surface area contributed by atoms with Gasteiger partial charge in [-0.2, -0.15) is 5.10 Å². The van der Waals surface area contributed by atoms with Crippen LogP contribution in [0.5, 0.6) is 0 Å². The number of hydrogen-bond donors (Lipinski definition) is 0. The molecule has 0 spiro atoms. The minimum absolute atomic E-state index is 0.378. The number of nitrogens with zero attached hydrogens (tertiary/aromatic N) is 3. The maximum absolute atomic E-state index is 5.27. The monoisotopic (exact) mass is 285 g/mol. The SMILES string of the molecule is C=CC1=C(C(=C)C(C)C)N(C)Cc2cn(C3COC3)nc21. The molecule has 0 amide bonds. The number of allylic oxidation sites excluding steroid dienone is 3. The summed E-state index contributed by atoms with van der Waals surface area (Å²) in [7, 11) is 2.11. The lowest BCUT2D eigenvalue weighted by Crippen LogP contribution is -2.31. The van der Waals surface area contributed by atoms with Crippen LogP contribution >= 0.6 is 0 Å². The zero-order valence-electron chi connectivity index (χ0n) is 13.1. The number of fused-ring (bicyclic) bond motifs is 1. The molecule has 2 aliphatic heterocycles. The van der Waals surface area contributed by atoms with E-state index in [1.165, 1.54) is 11.3 Å². The molecule has 0 atom stereocenters. The van der Waals surface area contributed by atoms with E-state index in [9.17, 15) is 0 Å². The first-order valence-electron chi connectivity index (χ1n) is 7.46. The second kappa shape index (κ2) is 5.19. The van der Waals surface area contributed by atoms with Gasteiger partial charge in [0, 0.05) is 36.6 Å². The highest BCUT2D eigenvalue weighted by atomic mass is 16.5. The summed E-state index contributed by atoms with van der Waals surface area (Å²) in [4.78, 5) is 2.25. The Balaban J connectivity index is 2.07. The summed E-state index contributed by atoms with van der Waals surface area (Å²) in [5.41, 5.74) is 5.70. The average molecular weight is 285 g/mol. The second-order valence-electron chi connectivity index (χ2n) is 6.18. The Bertz CT molecular complexity index is 620. The van der Waals surface area contributed by atoms with E-state index in [0.29, 0.717) is 12.0 Å². The van der Waals surface area contributed by atoms with Gasteiger partial charge in [0.05, 0.1) is 24.9 Å². The van der Waals surface area contributed by atoms with Gasteiger partial charge < -0.3 is 9.64 Å². The Hall–Kier alpha value is -1.81. The standard InChI is InChI=1S/C17H23N3O/c1-6-15-16-13(8-20(18-16)14-9-21-10-14)7-19(5)17(15)12(4)11(2)3/h6,8,11,14H,1,4,7,9-10H2,2-3,5H3. The van der Waals surface area contributed by atoms with Crippen molar-refractivity contribution < 1.29 is 4.74 Å². The predicted molar refractivity (Wildman–Crippen MR) is 84.6 cm³/mol. The van der Waals surface area contributed by atoms with E-state index in [2.05, 4.69) is 45.1 Å². The fourth-order valence-electron chi connectivity index (χ4n) is 2.87. The van der Waals surface area contributed by atoms with E-state index in [1.807, 2.05) is 10.8 Å². The van der Waals surface area contributed by atoms with Crippen LogP contribution in [0, 0.1) is 5.92 Å². The van der Waals surface area contributed by atoms with Gasteiger partial charge in [-0.15, -0.1) is 0 Å². The van der Waals surface area contributed by atoms with E-state index < -0.39 is 0 Å². The first-order valence-corrected chi connectivity index (χ1v) is 7.46. The largest absolute Gasteiger partial charge is 0.377 e. The van der Waals surface area contributed by atoms with Crippen LogP contribution < -0.4 is 0 Å². The molecule has 3 heterocycles. The molecule has 21 heavy (non-hydrogen) atoms. The van der Waals surface area contributed by atoms with Crippen LogP contribution in [0.3, 0.4) is 0 Å². The third kappa shape index (κ3) is 2.23. The number of likely N-dealkylation sites (N-methyl/N-ethyl adjacent to an activating group) is 1. The van der Waals surface area contributed by atoms with Crippen LogP contribution in [-0.4, -0.2) is 34.9 Å². The zero-order valence-corrected chi connectivity index (χ0v) is 13.1. The van der Waals surface area contributed by atoms with Crippen molar-refractivity contribution in [2.45, 2.75) is 26.4 Å². The summed E-state index contributed by atoms with van der Waals surface area (Å²) in [6, 6.07) is 0.378. The van der Waals surface area contributed by atoms with Gasteiger partial charge in [0.25, 0.3) is 0 Å². The molecule has 1 aromatic heterocycles. The van der Waals surface area contributed by atoms with Gasteiger partial charge in [0.2, 0.25) is 0 Å². The summed E-state index contributed by atoms with van der Waals surface area (Å²) >= 11 is 0. The molecule has 3 rings (SSSR count). The van der Waals surface area contributed by atoms with Gasteiger partial charge in [-0.1, -0.05) is 33.1 Å². The predicted octanol–water partition coefficient (Wildman–Crippen LogP) is 3.01. The first-order chi connectivity index (χ1) is 10.0. The molecule has 0 unspecified atom stereocenters. The lowest BCUT2D eigenvalue weighted by atomic mass is 9.92. The Morgan fingerprint density at radius 1 is 1.48 bits per heavy atom. The average Bonchev–Trinajstić information content (AvgIpc) is 2.76. The lowest BCUT2D eigenvalue weighted by Gasteiger charge is -2.31. The number of ether oxygens (including phenoxy) is 1. The normalized spacial score (nSPS) is 18.8. The van der Waals surface area contributed by atoms with Gasteiger partial charge in [0.15, 0.2) is 0 Å². The lowest BCUT2D eigenvalue weighted by molar-refractivity contribution is -0.0287. The summed E-state index contributed by atoms with van der Waals surface area (Å²) in [5, 5.41) is 4.79. The molecule has 0 aliphatic carbocycles. The minimum atomic E-state index is 0.378. The molecule has 1 aromatic rings. The summed E-state index contributed by atoms with van der Waals surface area (Å²) in [5.74, 6) is 0.404. The Morgan fingerprint density at radius 2 is 2.19 bits per heavy atom. The summed E-state index contributed by atoms with van der Waals surface area (Å²) < 4.78 is 7.32. The van der Waals surface area contributed by atoms with Crippen molar-refractivity contribution in [3.63, 3.8) is 0 Å². The van der Waals surface area contributed by atoms with Crippen LogP contribution in [0.25, 0.3) is 5.57 Å². The molecule has 112 valence electrons. The van der Waals surface area contributed by atoms with Gasteiger partial charge >= 0.3 is 0 Å². The van der Waals surface area contributed by atoms with Crippen molar-refractivity contribution in [2.75, 3.05) is 20.3 Å². The number of hydrogen-bond acceptors (Lipinski definition) is 3. The zero-order chi connectivity index (χ0) is 15.1. The first kappa shape index (κ1) is 14.1. The second-order valence-corrected chi connectivity index (χ2v) is 6.18. The van der Waals surface area contributed by atoms with E-state index in [4.69, 9.17) is 9.84 Å². The van der Waals surface area contributed by atoms with Gasteiger partial charge in [-0.25, -0.2) is 0 Å². The van der Waals surface area contributed by atoms with E-state index in [0.717, 1.165) is 36.6 Å². The maximum atomic E-state index is 5.27. The van der Waals surface area contributed by atoms with Crippen molar-refractivity contribution in [3.05, 3.63) is 48.0 Å². The Kier molecular flexibility index (Phi) is 3.49. The maximum Gasteiger partial charge on any atom is 0.0993 e. The van der Waals surface area contributed by atoms with Crippen LogP contribution in [0.1, 0.15) is 31.1 Å². The summed E-state index contributed by atoms with van der Waals surface area (Å²) in [6.45, 7) is 15.0. The third-order valence-corrected chi connectivity index (χ3v) is 4.31. The van der Waals surface area contributed by atoms with Crippen molar-refractivity contribution in [3.8, 4) is 0 Å². The number of rotatable bonds is 4. The molecule has 0 saturated carbocycles. The van der Waals surface area contributed by atoms with Crippen LogP contribution in [0.15, 0.2) is 36.7 Å².